The monoisotopic (exact) mass is 505 g/mol. The Morgan fingerprint density at radius 1 is 1.14 bits per heavy atom. The number of ketones is 1. The summed E-state index contributed by atoms with van der Waals surface area (Å²) in [5, 5.41) is 3.78. The Hall–Kier alpha value is -2.55. The van der Waals surface area contributed by atoms with Gasteiger partial charge in [-0.1, -0.05) is 18.9 Å². The van der Waals surface area contributed by atoms with Crippen molar-refractivity contribution in [2.24, 2.45) is 11.8 Å². The van der Waals surface area contributed by atoms with E-state index in [4.69, 9.17) is 14.0 Å². The van der Waals surface area contributed by atoms with E-state index in [2.05, 4.69) is 15.0 Å². The minimum atomic E-state index is -2.49. The van der Waals surface area contributed by atoms with Crippen molar-refractivity contribution >= 4 is 5.78 Å². The molecule has 1 aliphatic heterocycles. The third-order valence-corrected chi connectivity index (χ3v) is 7.50. The van der Waals surface area contributed by atoms with Gasteiger partial charge in [0.25, 0.3) is 12.3 Å². The van der Waals surface area contributed by atoms with Gasteiger partial charge < -0.3 is 18.9 Å². The molecule has 1 fully saturated rings. The van der Waals surface area contributed by atoms with Crippen LogP contribution in [0.4, 0.5) is 8.78 Å². The molecular formula is C27H37F2N3O4. The van der Waals surface area contributed by atoms with E-state index in [0.717, 1.165) is 56.9 Å². The van der Waals surface area contributed by atoms with Crippen molar-refractivity contribution in [2.75, 3.05) is 33.4 Å². The second kappa shape index (κ2) is 13.1. The second-order valence-electron chi connectivity index (χ2n) is 10.1. The molecule has 1 aliphatic carbocycles. The van der Waals surface area contributed by atoms with Gasteiger partial charge in [0.2, 0.25) is 5.88 Å². The van der Waals surface area contributed by atoms with Crippen LogP contribution in [0.3, 0.4) is 0 Å². The number of rotatable bonds is 12. The zero-order valence-electron chi connectivity index (χ0n) is 21.1. The number of fused-ring (bicyclic) bond motifs is 1. The molecule has 7 nitrogen and oxygen atoms in total. The highest BCUT2D eigenvalue weighted by Crippen LogP contribution is 2.33. The van der Waals surface area contributed by atoms with Crippen molar-refractivity contribution in [1.29, 1.82) is 0 Å². The average Bonchev–Trinajstić information content (AvgIpc) is 3.25. The highest BCUT2D eigenvalue weighted by molar-refractivity contribution is 5.78. The first-order valence-corrected chi connectivity index (χ1v) is 13.1. The average molecular weight is 506 g/mol. The summed E-state index contributed by atoms with van der Waals surface area (Å²) in [5.41, 5.74) is 2.16. The number of hydrogen-bond donors (Lipinski definition) is 0. The van der Waals surface area contributed by atoms with Crippen LogP contribution in [0.2, 0.25) is 0 Å². The Labute approximate surface area is 211 Å². The molecule has 9 heteroatoms. The molecule has 3 heterocycles. The van der Waals surface area contributed by atoms with E-state index in [9.17, 15) is 13.6 Å². The fraction of sp³-hybridized carbons (Fsp3) is 0.667. The highest BCUT2D eigenvalue weighted by atomic mass is 19.3. The number of alkyl halides is 2. The zero-order chi connectivity index (χ0) is 25.3. The van der Waals surface area contributed by atoms with Crippen LogP contribution >= 0.6 is 0 Å². The molecule has 0 saturated heterocycles. The molecule has 0 N–H and O–H groups in total. The summed E-state index contributed by atoms with van der Waals surface area (Å²) in [6.45, 7) is 2.37. The molecule has 0 amide bonds. The third kappa shape index (κ3) is 7.98. The molecule has 4 rings (SSSR count). The van der Waals surface area contributed by atoms with Crippen LogP contribution in [0.1, 0.15) is 62.0 Å². The molecule has 0 bridgehead atoms. The number of pyridine rings is 1. The van der Waals surface area contributed by atoms with E-state index in [-0.39, 0.29) is 5.88 Å². The van der Waals surface area contributed by atoms with E-state index < -0.39 is 13.0 Å². The van der Waals surface area contributed by atoms with E-state index in [1.165, 1.54) is 24.8 Å². The van der Waals surface area contributed by atoms with Gasteiger partial charge in [-0.15, -0.1) is 0 Å². The van der Waals surface area contributed by atoms with Gasteiger partial charge in [-0.2, -0.15) is 0 Å². The largest absolute Gasteiger partial charge is 0.479 e. The predicted molar refractivity (Wildman–Crippen MR) is 131 cm³/mol. The summed E-state index contributed by atoms with van der Waals surface area (Å²) in [6.07, 6.45) is 6.80. The predicted octanol–water partition coefficient (Wildman–Crippen LogP) is 4.91. The molecule has 0 spiro atoms. The molecule has 2 aromatic rings. The van der Waals surface area contributed by atoms with Gasteiger partial charge in [-0.3, -0.25) is 4.79 Å². The molecular weight excluding hydrogens is 468 g/mol. The fourth-order valence-corrected chi connectivity index (χ4v) is 5.35. The van der Waals surface area contributed by atoms with Crippen molar-refractivity contribution in [2.45, 2.75) is 70.6 Å². The van der Waals surface area contributed by atoms with Crippen LogP contribution in [-0.4, -0.2) is 60.6 Å². The van der Waals surface area contributed by atoms with Crippen molar-refractivity contribution in [3.8, 4) is 11.8 Å². The minimum absolute atomic E-state index is 0.288. The Morgan fingerprint density at radius 3 is 2.67 bits per heavy atom. The molecule has 2 aromatic heterocycles. The maximum atomic E-state index is 12.4. The molecule has 0 radical (unpaired) electrons. The molecule has 0 aromatic carbocycles. The van der Waals surface area contributed by atoms with Gasteiger partial charge in [0.05, 0.1) is 7.11 Å². The van der Waals surface area contributed by atoms with Crippen LogP contribution in [-0.2, 0) is 24.1 Å². The first kappa shape index (κ1) is 26.5. The quantitative estimate of drug-likeness (QED) is 0.406. The Bertz CT molecular complexity index is 976. The molecule has 2 aliphatic rings. The Kier molecular flexibility index (Phi) is 9.67. The lowest BCUT2D eigenvalue weighted by Gasteiger charge is -2.30. The standard InChI is InChI=1S/C27H37F2N3O4/c1-34-27-17-23(36-31-27)8-7-22(33)16-20-4-2-19(3-5-20)10-13-32-14-11-21-6-9-26(35-18-25(28)29)30-24(21)12-15-32/h6,9,17,19-20,25H,2-5,7-8,10-16,18H2,1H3. The maximum absolute atomic E-state index is 12.4. The fourth-order valence-electron chi connectivity index (χ4n) is 5.35. The van der Waals surface area contributed by atoms with Gasteiger partial charge in [0.15, 0.2) is 6.61 Å². The number of carbonyl (C=O) groups excluding carboxylic acids is 1. The van der Waals surface area contributed by atoms with E-state index in [0.29, 0.717) is 42.6 Å². The van der Waals surface area contributed by atoms with E-state index >= 15 is 0 Å². The minimum Gasteiger partial charge on any atom is -0.479 e. The van der Waals surface area contributed by atoms with Crippen molar-refractivity contribution < 1.29 is 27.6 Å². The van der Waals surface area contributed by atoms with E-state index in [1.54, 1.807) is 19.2 Å². The SMILES string of the molecule is COc1cc(CCC(=O)CC2CCC(CCN3CCc4ccc(OCC(F)F)nc4CC3)CC2)on1. The number of halogens is 2. The number of aromatic nitrogens is 2. The number of carbonyl (C=O) groups is 1. The van der Waals surface area contributed by atoms with Crippen LogP contribution in [0, 0.1) is 11.8 Å². The first-order valence-electron chi connectivity index (χ1n) is 13.1. The molecule has 0 atom stereocenters. The summed E-state index contributed by atoms with van der Waals surface area (Å²) in [6, 6.07) is 5.41. The number of hydrogen-bond acceptors (Lipinski definition) is 7. The Morgan fingerprint density at radius 2 is 1.92 bits per heavy atom. The summed E-state index contributed by atoms with van der Waals surface area (Å²) < 4.78 is 40.1. The van der Waals surface area contributed by atoms with Crippen LogP contribution in [0.15, 0.2) is 22.7 Å². The van der Waals surface area contributed by atoms with Gasteiger partial charge in [-0.25, -0.2) is 13.8 Å². The number of ether oxygens (including phenoxy) is 2. The maximum Gasteiger partial charge on any atom is 0.272 e. The normalized spacial score (nSPS) is 20.7. The smallest absolute Gasteiger partial charge is 0.272 e. The lowest BCUT2D eigenvalue weighted by Crippen LogP contribution is -2.29. The van der Waals surface area contributed by atoms with Crippen molar-refractivity contribution in [1.82, 2.24) is 15.0 Å². The lowest BCUT2D eigenvalue weighted by atomic mass is 9.78. The second-order valence-corrected chi connectivity index (χ2v) is 10.1. The number of methoxy groups -OCH3 is 1. The summed E-state index contributed by atoms with van der Waals surface area (Å²) >= 11 is 0. The highest BCUT2D eigenvalue weighted by Gasteiger charge is 2.24. The first-order chi connectivity index (χ1) is 17.5. The van der Waals surface area contributed by atoms with Crippen LogP contribution < -0.4 is 9.47 Å². The van der Waals surface area contributed by atoms with Gasteiger partial charge in [0, 0.05) is 56.6 Å². The molecule has 198 valence electrons. The summed E-state index contributed by atoms with van der Waals surface area (Å²) in [7, 11) is 1.54. The molecule has 0 unspecified atom stereocenters. The van der Waals surface area contributed by atoms with Crippen molar-refractivity contribution in [3.63, 3.8) is 0 Å². The summed E-state index contributed by atoms with van der Waals surface area (Å²) in [5.74, 6) is 2.94. The lowest BCUT2D eigenvalue weighted by molar-refractivity contribution is -0.120. The van der Waals surface area contributed by atoms with Gasteiger partial charge in [-0.05, 0) is 54.8 Å². The van der Waals surface area contributed by atoms with Crippen molar-refractivity contribution in [3.05, 3.63) is 35.2 Å². The van der Waals surface area contributed by atoms with Gasteiger partial charge >= 0.3 is 0 Å². The zero-order valence-corrected chi connectivity index (χ0v) is 21.1. The molecule has 1 saturated carbocycles. The number of nitrogens with zero attached hydrogens (tertiary/aromatic N) is 3. The topological polar surface area (TPSA) is 77.7 Å². The van der Waals surface area contributed by atoms with Crippen LogP contribution in [0.25, 0.3) is 0 Å². The number of aryl methyl sites for hydroxylation is 1. The molecule has 36 heavy (non-hydrogen) atoms. The van der Waals surface area contributed by atoms with Crippen LogP contribution in [0.5, 0.6) is 11.8 Å². The number of Topliss-reactive ketones (excluding diaryl/α,β-unsaturated/α-hetero) is 1. The summed E-state index contributed by atoms with van der Waals surface area (Å²) in [4.78, 5) is 19.4. The van der Waals surface area contributed by atoms with Gasteiger partial charge in [0.1, 0.15) is 11.5 Å². The van der Waals surface area contributed by atoms with E-state index in [1.807, 2.05) is 6.07 Å². The Balaban J connectivity index is 1.12. The third-order valence-electron chi connectivity index (χ3n) is 7.50.